The van der Waals surface area contributed by atoms with Crippen LogP contribution in [0.15, 0.2) is 182 Å². The van der Waals surface area contributed by atoms with E-state index in [1.165, 1.54) is 0 Å². The first kappa shape index (κ1) is 12.6. The van der Waals surface area contributed by atoms with E-state index in [0.717, 1.165) is 0 Å². The Morgan fingerprint density at radius 3 is 0.833 bits per heavy atom. The van der Waals surface area contributed by atoms with E-state index in [2.05, 4.69) is 0 Å². The Kier molecular flexibility index (Phi) is 3.47. The fourth-order valence-corrected chi connectivity index (χ4v) is 4.63. The van der Waals surface area contributed by atoms with Crippen LogP contribution < -0.4 is 0 Å². The van der Waals surface area contributed by atoms with Crippen molar-refractivity contribution in [3.63, 3.8) is 0 Å². The Morgan fingerprint density at radius 2 is 0.500 bits per heavy atom. The molecule has 0 radical (unpaired) electrons. The van der Waals surface area contributed by atoms with Gasteiger partial charge in [0, 0.05) is 0 Å². The molecule has 0 saturated carbocycles. The summed E-state index contributed by atoms with van der Waals surface area (Å²) in [4.78, 5) is 0. The first-order chi connectivity index (χ1) is 28.3. The number of hydrogen-bond donors (Lipinski definition) is 0. The maximum absolute atomic E-state index is 8.99. The van der Waals surface area contributed by atoms with Crippen molar-refractivity contribution in [2.45, 2.75) is 0 Å². The van der Waals surface area contributed by atoms with Crippen molar-refractivity contribution in [3.8, 4) is 66.8 Å². The van der Waals surface area contributed by atoms with Crippen LogP contribution in [0.3, 0.4) is 0 Å². The smallest absolute Gasteiger partial charge is 0.0622 e. The highest BCUT2D eigenvalue weighted by Gasteiger charge is 2.11. The lowest BCUT2D eigenvalue weighted by molar-refractivity contribution is 1.55. The van der Waals surface area contributed by atoms with Crippen LogP contribution in [0.4, 0.5) is 0 Å². The molecule has 0 spiro atoms. The third kappa shape index (κ3) is 5.19. The zero-order valence-electron chi connectivity index (χ0n) is 39.9. The third-order valence-electron chi connectivity index (χ3n) is 6.65. The SMILES string of the molecule is [2H]c1c([2H])c([2H])c(-c2c([2H])c([2H])c(-c3ccccc3-c3ccc(-c4ccccc4-c4c([2H])c([2H])c(-c5c([2H])c([2H])c([2H])c([2H])c5[2H])c([2H])c4[2H])cc3)c([2H])c2[2H])c([2H])c1[2H]. The van der Waals surface area contributed by atoms with Gasteiger partial charge in [-0.1, -0.05) is 182 Å². The van der Waals surface area contributed by atoms with E-state index < -0.39 is 131 Å². The largest absolute Gasteiger partial charge is 0.0629 e. The Balaban J connectivity index is 1.33. The molecule has 0 bridgehead atoms. The van der Waals surface area contributed by atoms with Crippen LogP contribution >= 0.6 is 0 Å². The van der Waals surface area contributed by atoms with Gasteiger partial charge in [0.05, 0.1) is 24.7 Å². The summed E-state index contributed by atoms with van der Waals surface area (Å²) in [6, 6.07) is 9.67. The molecule has 0 aliphatic carbocycles. The minimum atomic E-state index is -0.670. The van der Waals surface area contributed by atoms with Crippen LogP contribution in [0.2, 0.25) is 0 Å². The van der Waals surface area contributed by atoms with Gasteiger partial charge in [0.2, 0.25) is 0 Å². The average Bonchev–Trinajstić information content (AvgIpc) is 3.25. The minimum Gasteiger partial charge on any atom is -0.0622 e. The summed E-state index contributed by atoms with van der Waals surface area (Å²) < 4.78 is 153. The molecule has 0 nitrogen and oxygen atoms in total. The van der Waals surface area contributed by atoms with Crippen LogP contribution in [0.25, 0.3) is 66.8 Å². The molecule has 7 aromatic rings. The number of hydrogen-bond acceptors (Lipinski definition) is 0. The van der Waals surface area contributed by atoms with Crippen molar-refractivity contribution in [2.75, 3.05) is 0 Å². The van der Waals surface area contributed by atoms with E-state index >= 15 is 0 Å². The quantitative estimate of drug-likeness (QED) is 0.192. The summed E-state index contributed by atoms with van der Waals surface area (Å²) in [5, 5.41) is 0. The van der Waals surface area contributed by atoms with E-state index in [4.69, 9.17) is 24.7 Å². The molecule has 7 aromatic carbocycles. The van der Waals surface area contributed by atoms with Gasteiger partial charge in [0.25, 0.3) is 0 Å². The molecule has 42 heavy (non-hydrogen) atoms. The Hall–Kier alpha value is -5.46. The van der Waals surface area contributed by atoms with Crippen molar-refractivity contribution in [1.29, 1.82) is 0 Å². The molecule has 0 N–H and O–H groups in total. The maximum Gasteiger partial charge on any atom is 0.0629 e. The van der Waals surface area contributed by atoms with Gasteiger partial charge < -0.3 is 0 Å². The molecule has 0 saturated heterocycles. The van der Waals surface area contributed by atoms with Crippen molar-refractivity contribution < 1.29 is 24.7 Å². The summed E-state index contributed by atoms with van der Waals surface area (Å²) in [5.41, 5.74) is 1.07. The molecular weight excluding hydrogens is 504 g/mol. The zero-order chi connectivity index (χ0) is 43.8. The fourth-order valence-electron chi connectivity index (χ4n) is 4.63. The molecule has 0 fully saturated rings. The van der Waals surface area contributed by atoms with Gasteiger partial charge >= 0.3 is 0 Å². The van der Waals surface area contributed by atoms with Crippen molar-refractivity contribution >= 4 is 0 Å². The highest BCUT2D eigenvalue weighted by Crippen LogP contribution is 2.37. The lowest BCUT2D eigenvalue weighted by Crippen LogP contribution is -1.88. The molecule has 0 aliphatic heterocycles. The maximum atomic E-state index is 8.99. The molecule has 7 rings (SSSR count). The van der Waals surface area contributed by atoms with E-state index in [1.807, 2.05) is 0 Å². The highest BCUT2D eigenvalue weighted by atomic mass is 14.1. The highest BCUT2D eigenvalue weighted by molar-refractivity contribution is 5.88. The van der Waals surface area contributed by atoms with E-state index in [9.17, 15) is 0 Å². The van der Waals surface area contributed by atoms with Gasteiger partial charge in [0.1, 0.15) is 0 Å². The first-order valence-corrected chi connectivity index (χ1v) is 13.0. The molecule has 0 amide bonds. The summed E-state index contributed by atoms with van der Waals surface area (Å²) in [5.74, 6) is 0. The van der Waals surface area contributed by atoms with E-state index in [-0.39, 0.29) is 11.1 Å². The van der Waals surface area contributed by atoms with Gasteiger partial charge in [0.15, 0.2) is 0 Å². The molecule has 0 aromatic heterocycles. The van der Waals surface area contributed by atoms with Crippen LogP contribution in [0, 0.1) is 0 Å². The monoisotopic (exact) mass is 552 g/mol. The topological polar surface area (TPSA) is 0 Å². The summed E-state index contributed by atoms with van der Waals surface area (Å²) in [7, 11) is 0. The lowest BCUT2D eigenvalue weighted by atomic mass is 9.90. The Bertz CT molecular complexity index is 2640. The van der Waals surface area contributed by atoms with Crippen LogP contribution in [-0.4, -0.2) is 0 Å². The second-order valence-electron chi connectivity index (χ2n) is 9.17. The van der Waals surface area contributed by atoms with Gasteiger partial charge in [-0.25, -0.2) is 0 Å². The van der Waals surface area contributed by atoms with Crippen LogP contribution in [-0.2, 0) is 0 Å². The summed E-state index contributed by atoms with van der Waals surface area (Å²) >= 11 is 0. The molecular formula is C42H30. The third-order valence-corrected chi connectivity index (χ3v) is 6.65. The van der Waals surface area contributed by atoms with Crippen LogP contribution in [0.1, 0.15) is 24.7 Å². The Morgan fingerprint density at radius 1 is 0.238 bits per heavy atom. The molecule has 0 atom stereocenters. The van der Waals surface area contributed by atoms with Crippen molar-refractivity contribution in [3.05, 3.63) is 182 Å². The standard InChI is InChI=1S/C42H30/c1-3-11-31(12-4-1)33-19-23-35(24-20-33)39-15-7-9-17-41(39)37-27-29-38(30-28-37)42-18-10-8-16-40(42)36-25-21-34(22-26-36)32-13-5-2-6-14-32/h1-30H/i1D,2D,3D,4D,5D,6D,11D,12D,13D,14D,19D,20D,21D,22D,23D,24D,25D,26D. The molecule has 0 unspecified atom stereocenters. The van der Waals surface area contributed by atoms with Crippen molar-refractivity contribution in [2.24, 2.45) is 0 Å². The zero-order valence-corrected chi connectivity index (χ0v) is 21.9. The molecule has 198 valence electrons. The fraction of sp³-hybridized carbons (Fsp3) is 0. The normalized spacial score (nSPS) is 16.9. The van der Waals surface area contributed by atoms with Gasteiger partial charge in [-0.05, 0) is 66.8 Å². The number of benzene rings is 7. The average molecular weight is 553 g/mol. The summed E-state index contributed by atoms with van der Waals surface area (Å²) in [6.45, 7) is 0. The predicted molar refractivity (Wildman–Crippen MR) is 179 cm³/mol. The van der Waals surface area contributed by atoms with E-state index in [0.29, 0.717) is 33.4 Å². The molecule has 0 heteroatoms. The van der Waals surface area contributed by atoms with Gasteiger partial charge in [-0.15, -0.1) is 0 Å². The Labute approximate surface area is 273 Å². The second-order valence-corrected chi connectivity index (χ2v) is 9.17. The molecule has 0 aliphatic rings. The van der Waals surface area contributed by atoms with Crippen LogP contribution in [0.5, 0.6) is 0 Å². The van der Waals surface area contributed by atoms with Gasteiger partial charge in [-0.3, -0.25) is 0 Å². The van der Waals surface area contributed by atoms with E-state index in [1.54, 1.807) is 72.8 Å². The minimum absolute atomic E-state index is 0.0680. The predicted octanol–water partition coefficient (Wildman–Crippen LogP) is 11.7. The first-order valence-electron chi connectivity index (χ1n) is 22.0. The number of rotatable bonds is 6. The lowest BCUT2D eigenvalue weighted by Gasteiger charge is -2.14. The molecule has 0 heterocycles. The summed E-state index contributed by atoms with van der Waals surface area (Å²) in [6.07, 6.45) is 0. The van der Waals surface area contributed by atoms with Gasteiger partial charge in [-0.2, -0.15) is 0 Å². The van der Waals surface area contributed by atoms with Crippen molar-refractivity contribution in [1.82, 2.24) is 0 Å². The second kappa shape index (κ2) is 11.6.